The number of rotatable bonds is 11. The maximum Gasteiger partial charge on any atom is 0.323 e. The molecule has 1 unspecified atom stereocenters. The quantitative estimate of drug-likeness (QED) is 0.191. The van der Waals surface area contributed by atoms with E-state index in [4.69, 9.17) is 16.3 Å². The predicted molar refractivity (Wildman–Crippen MR) is 161 cm³/mol. The predicted octanol–water partition coefficient (Wildman–Crippen LogP) is 6.11. The van der Waals surface area contributed by atoms with Crippen LogP contribution in [-0.2, 0) is 30.8 Å². The lowest BCUT2D eigenvalue weighted by Crippen LogP contribution is -2.39. The van der Waals surface area contributed by atoms with Crippen molar-refractivity contribution in [1.29, 1.82) is 5.26 Å². The lowest BCUT2D eigenvalue weighted by molar-refractivity contribution is -0.140. The van der Waals surface area contributed by atoms with Gasteiger partial charge in [-0.15, -0.1) is 0 Å². The molecule has 5 rings (SSSR count). The number of pyridine rings is 1. The molecule has 9 heteroatoms. The molecule has 0 radical (unpaired) electrons. The van der Waals surface area contributed by atoms with Gasteiger partial charge in [0.15, 0.2) is 0 Å². The van der Waals surface area contributed by atoms with Crippen LogP contribution in [-0.4, -0.2) is 33.8 Å². The van der Waals surface area contributed by atoms with Crippen LogP contribution >= 0.6 is 11.6 Å². The molecule has 0 amide bonds. The van der Waals surface area contributed by atoms with Crippen molar-refractivity contribution in [2.75, 3.05) is 6.61 Å². The largest absolute Gasteiger partial charge is 0.489 e. The summed E-state index contributed by atoms with van der Waals surface area (Å²) < 4.78 is 21.0. The zero-order valence-corrected chi connectivity index (χ0v) is 24.4. The van der Waals surface area contributed by atoms with Crippen LogP contribution in [0.3, 0.4) is 0 Å². The molecule has 3 N–H and O–H groups in total. The van der Waals surface area contributed by atoms with E-state index in [1.807, 2.05) is 31.2 Å². The maximum absolute atomic E-state index is 14.8. The fourth-order valence-corrected chi connectivity index (χ4v) is 5.90. The van der Waals surface area contributed by atoms with Gasteiger partial charge in [-0.05, 0) is 84.7 Å². The van der Waals surface area contributed by atoms with Gasteiger partial charge in [-0.2, -0.15) is 5.26 Å². The number of aliphatic carboxylic acids is 1. The molecule has 43 heavy (non-hydrogen) atoms. The summed E-state index contributed by atoms with van der Waals surface area (Å²) in [5, 5.41) is 31.4. The van der Waals surface area contributed by atoms with E-state index in [-0.39, 0.29) is 24.9 Å². The van der Waals surface area contributed by atoms with E-state index in [9.17, 15) is 24.7 Å². The van der Waals surface area contributed by atoms with E-state index >= 15 is 0 Å². The number of ether oxygens (including phenoxy) is 1. The Bertz CT molecular complexity index is 1700. The third-order valence-electron chi connectivity index (χ3n) is 7.84. The van der Waals surface area contributed by atoms with Crippen molar-refractivity contribution in [1.82, 2.24) is 10.3 Å². The maximum atomic E-state index is 14.8. The summed E-state index contributed by atoms with van der Waals surface area (Å²) in [6.45, 7) is 1.62. The average molecular weight is 600 g/mol. The Morgan fingerprint density at radius 2 is 2.02 bits per heavy atom. The molecule has 2 atom stereocenters. The van der Waals surface area contributed by atoms with Crippen LogP contribution in [0.25, 0.3) is 11.1 Å². The number of aromatic nitrogens is 1. The van der Waals surface area contributed by atoms with Gasteiger partial charge in [0.1, 0.15) is 30.3 Å². The summed E-state index contributed by atoms with van der Waals surface area (Å²) in [5.74, 6) is -0.736. The number of aliphatic hydroxyl groups is 1. The zero-order chi connectivity index (χ0) is 30.5. The van der Waals surface area contributed by atoms with E-state index in [1.54, 1.807) is 24.4 Å². The van der Waals surface area contributed by atoms with Gasteiger partial charge in [0.2, 0.25) is 0 Å². The molecule has 0 aliphatic heterocycles. The Balaban J connectivity index is 1.44. The molecule has 1 aliphatic carbocycles. The molecule has 3 aromatic carbocycles. The van der Waals surface area contributed by atoms with E-state index in [2.05, 4.69) is 22.4 Å². The molecule has 0 spiro atoms. The van der Waals surface area contributed by atoms with Gasteiger partial charge in [-0.1, -0.05) is 41.4 Å². The summed E-state index contributed by atoms with van der Waals surface area (Å²) in [7, 11) is 0. The fraction of sp³-hybridized carbons (Fsp3) is 0.265. The minimum atomic E-state index is -1.17. The number of carboxylic acids is 1. The Hall–Kier alpha value is -4.29. The van der Waals surface area contributed by atoms with Crippen LogP contribution < -0.4 is 10.1 Å². The highest BCUT2D eigenvalue weighted by Gasteiger charge is 2.27. The van der Waals surface area contributed by atoms with Crippen molar-refractivity contribution < 1.29 is 24.1 Å². The lowest BCUT2D eigenvalue weighted by atomic mass is 9.90. The topological polar surface area (TPSA) is 115 Å². The second-order valence-electron chi connectivity index (χ2n) is 10.8. The number of benzene rings is 3. The highest BCUT2D eigenvalue weighted by atomic mass is 35.5. The van der Waals surface area contributed by atoms with Gasteiger partial charge in [0.25, 0.3) is 0 Å². The van der Waals surface area contributed by atoms with Crippen molar-refractivity contribution in [3.05, 3.63) is 117 Å². The van der Waals surface area contributed by atoms with Gasteiger partial charge < -0.3 is 14.9 Å². The third-order valence-corrected chi connectivity index (χ3v) is 8.19. The van der Waals surface area contributed by atoms with Crippen LogP contribution in [0.1, 0.15) is 51.3 Å². The second-order valence-corrected chi connectivity index (χ2v) is 11.2. The van der Waals surface area contributed by atoms with Crippen LogP contribution in [0.2, 0.25) is 5.02 Å². The van der Waals surface area contributed by atoms with Gasteiger partial charge in [0.05, 0.1) is 12.2 Å². The molecule has 0 saturated heterocycles. The number of halogens is 2. The first-order chi connectivity index (χ1) is 20.8. The summed E-state index contributed by atoms with van der Waals surface area (Å²) in [5.41, 5.74) is 7.47. The molecule has 0 fully saturated rings. The Morgan fingerprint density at radius 3 is 2.79 bits per heavy atom. The van der Waals surface area contributed by atoms with Crippen molar-refractivity contribution >= 4 is 17.6 Å². The summed E-state index contributed by atoms with van der Waals surface area (Å²) >= 11 is 6.80. The fourth-order valence-electron chi connectivity index (χ4n) is 5.63. The number of nitriles is 1. The zero-order valence-electron chi connectivity index (χ0n) is 23.6. The molecular formula is C34H31ClFN3O4. The van der Waals surface area contributed by atoms with Crippen LogP contribution in [0, 0.1) is 24.1 Å². The number of carboxylic acid groups (broad SMARTS) is 1. The van der Waals surface area contributed by atoms with Gasteiger partial charge in [-0.25, -0.2) is 4.39 Å². The van der Waals surface area contributed by atoms with Gasteiger partial charge in [-0.3, -0.25) is 15.1 Å². The minimum Gasteiger partial charge on any atom is -0.489 e. The first kappa shape index (κ1) is 30.2. The number of aliphatic hydroxyl groups excluding tert-OH is 1. The van der Waals surface area contributed by atoms with Gasteiger partial charge in [0, 0.05) is 40.7 Å². The molecule has 0 bridgehead atoms. The first-order valence-corrected chi connectivity index (χ1v) is 14.4. The van der Waals surface area contributed by atoms with Crippen molar-refractivity contribution in [3.63, 3.8) is 0 Å². The number of hydrogen-bond acceptors (Lipinski definition) is 6. The Labute approximate surface area is 254 Å². The summed E-state index contributed by atoms with van der Waals surface area (Å²) in [4.78, 5) is 15.5. The minimum absolute atomic E-state index is 0.0982. The molecule has 1 aromatic heterocycles. The van der Waals surface area contributed by atoms with Crippen LogP contribution in [0.15, 0.2) is 67.0 Å². The highest BCUT2D eigenvalue weighted by molar-refractivity contribution is 6.31. The molecule has 1 heterocycles. The molecule has 4 aromatic rings. The Morgan fingerprint density at radius 1 is 1.19 bits per heavy atom. The monoisotopic (exact) mass is 599 g/mol. The summed E-state index contributed by atoms with van der Waals surface area (Å²) in [6, 6.07) is 17.5. The molecule has 7 nitrogen and oxygen atoms in total. The van der Waals surface area contributed by atoms with E-state index in [0.717, 1.165) is 35.1 Å². The van der Waals surface area contributed by atoms with Crippen molar-refractivity contribution in [2.45, 2.75) is 51.3 Å². The number of nitrogens with zero attached hydrogens (tertiary/aromatic N) is 2. The number of fused-ring (bicyclic) bond motifs is 1. The molecule has 220 valence electrons. The number of carbonyl (C=O) groups is 1. The third kappa shape index (κ3) is 6.86. The van der Waals surface area contributed by atoms with E-state index < -0.39 is 18.6 Å². The average Bonchev–Trinajstić information content (AvgIpc) is 3.42. The first-order valence-electron chi connectivity index (χ1n) is 14.0. The Kier molecular flexibility index (Phi) is 9.37. The number of hydrogen-bond donors (Lipinski definition) is 3. The smallest absolute Gasteiger partial charge is 0.323 e. The van der Waals surface area contributed by atoms with E-state index in [1.165, 1.54) is 17.8 Å². The summed E-state index contributed by atoms with van der Waals surface area (Å²) in [6.07, 6.45) is 5.44. The van der Waals surface area contributed by atoms with Crippen LogP contribution in [0.4, 0.5) is 4.39 Å². The molecular weight excluding hydrogens is 569 g/mol. The lowest BCUT2D eigenvalue weighted by Gasteiger charge is -2.19. The molecule has 1 aliphatic rings. The van der Waals surface area contributed by atoms with Crippen LogP contribution in [0.5, 0.6) is 5.75 Å². The van der Waals surface area contributed by atoms with Crippen molar-refractivity contribution in [2.24, 2.45) is 0 Å². The highest BCUT2D eigenvalue weighted by Crippen LogP contribution is 2.42. The number of aryl methyl sites for hydroxylation is 1. The standard InChI is InChI=1S/C34H31ClFN3O4/c1-20-5-8-31(36)29(9-20)27-4-2-3-26-23(6-7-28(26)27)11-24-13-33(43-19-22-10-21(14-37)15-38-16-22)25(12-30(24)35)17-39-32(18-40)34(41)42/h2-5,8-10,12-13,15-16,23,32,39-40H,6-7,11,17-19H2,1H3,(H,41,42)/t23-,32?/m1/s1. The molecule has 0 saturated carbocycles. The second kappa shape index (κ2) is 13.3. The van der Waals surface area contributed by atoms with Gasteiger partial charge >= 0.3 is 5.97 Å². The van der Waals surface area contributed by atoms with E-state index in [0.29, 0.717) is 39.4 Å². The SMILES string of the molecule is Cc1ccc(F)c(-c2cccc3c2CC[C@@H]3Cc2cc(OCc3cncc(C#N)c3)c(CNC(CO)C(=O)O)cc2Cl)c1. The van der Waals surface area contributed by atoms with Crippen molar-refractivity contribution in [3.8, 4) is 22.9 Å². The number of nitrogens with one attached hydrogen (secondary N) is 1. The normalized spacial score (nSPS) is 14.6.